The lowest BCUT2D eigenvalue weighted by atomic mass is 9.82. The monoisotopic (exact) mass is 366 g/mol. The first-order chi connectivity index (χ1) is 11.8. The van der Waals surface area contributed by atoms with E-state index in [1.54, 1.807) is 25.1 Å². The van der Waals surface area contributed by atoms with Crippen LogP contribution in [0.4, 0.5) is 11.4 Å². The molecule has 1 atom stereocenters. The van der Waals surface area contributed by atoms with Crippen molar-refractivity contribution >= 4 is 27.2 Å². The van der Waals surface area contributed by atoms with Crippen LogP contribution in [-0.4, -0.2) is 20.0 Å². The van der Waals surface area contributed by atoms with E-state index in [0.29, 0.717) is 29.3 Å². The maximum Gasteiger partial charge on any atom is 0.232 e. The molecule has 1 aromatic carbocycles. The summed E-state index contributed by atoms with van der Waals surface area (Å²) in [5.74, 6) is 0.459. The molecule has 1 saturated carbocycles. The molecule has 1 unspecified atom stereocenters. The Morgan fingerprint density at radius 2 is 1.88 bits per heavy atom. The summed E-state index contributed by atoms with van der Waals surface area (Å²) in [6, 6.07) is 4.89. The van der Waals surface area contributed by atoms with Crippen LogP contribution in [0.2, 0.25) is 0 Å². The van der Waals surface area contributed by atoms with Gasteiger partial charge in [0.25, 0.3) is 0 Å². The number of carbonyl (C=O) groups is 1. The van der Waals surface area contributed by atoms with E-state index in [1.165, 1.54) is 25.7 Å². The maximum atomic E-state index is 12.9. The van der Waals surface area contributed by atoms with E-state index in [0.717, 1.165) is 12.8 Å². The number of sulfonamides is 1. The molecule has 0 aliphatic heterocycles. The minimum absolute atomic E-state index is 0.0308. The smallest absolute Gasteiger partial charge is 0.232 e. The van der Waals surface area contributed by atoms with Crippen molar-refractivity contribution in [2.75, 3.05) is 16.2 Å². The van der Waals surface area contributed by atoms with Crippen molar-refractivity contribution in [1.29, 1.82) is 0 Å². The Balaban J connectivity index is 2.18. The van der Waals surface area contributed by atoms with Gasteiger partial charge in [-0.1, -0.05) is 39.5 Å². The van der Waals surface area contributed by atoms with E-state index in [9.17, 15) is 13.2 Å². The fourth-order valence-corrected chi connectivity index (χ4v) is 4.72. The molecule has 0 aromatic heterocycles. The third-order valence-electron chi connectivity index (χ3n) is 5.10. The SMILES string of the molecule is CCCS(=O)(=O)Nc1cc(C(=O)C(C)C2CCCCCC2)ccc1N. The Bertz CT molecular complexity index is 693. The van der Waals surface area contributed by atoms with E-state index in [4.69, 9.17) is 5.73 Å². The predicted molar refractivity (Wildman–Crippen MR) is 103 cm³/mol. The first-order valence-corrected chi connectivity index (χ1v) is 10.9. The summed E-state index contributed by atoms with van der Waals surface area (Å²) in [5, 5.41) is 0. The third-order valence-corrected chi connectivity index (χ3v) is 6.57. The minimum atomic E-state index is -3.44. The van der Waals surface area contributed by atoms with Crippen LogP contribution >= 0.6 is 0 Å². The van der Waals surface area contributed by atoms with Crippen molar-refractivity contribution in [3.63, 3.8) is 0 Å². The van der Waals surface area contributed by atoms with Gasteiger partial charge in [-0.05, 0) is 43.4 Å². The lowest BCUT2D eigenvalue weighted by molar-refractivity contribution is 0.0878. The number of anilines is 2. The van der Waals surface area contributed by atoms with Crippen LogP contribution in [0.5, 0.6) is 0 Å². The molecular formula is C19H30N2O3S. The molecule has 1 aliphatic carbocycles. The molecule has 2 rings (SSSR count). The molecule has 25 heavy (non-hydrogen) atoms. The van der Waals surface area contributed by atoms with Crippen LogP contribution in [0.25, 0.3) is 0 Å². The number of Topliss-reactive ketones (excluding diaryl/α,β-unsaturated/α-hetero) is 1. The van der Waals surface area contributed by atoms with Gasteiger partial charge in [0.15, 0.2) is 5.78 Å². The first kappa shape index (κ1) is 19.8. The lowest BCUT2D eigenvalue weighted by Gasteiger charge is -2.21. The highest BCUT2D eigenvalue weighted by Crippen LogP contribution is 2.32. The number of nitrogen functional groups attached to an aromatic ring is 1. The number of hydrogen-bond acceptors (Lipinski definition) is 4. The van der Waals surface area contributed by atoms with Gasteiger partial charge in [-0.25, -0.2) is 8.42 Å². The van der Waals surface area contributed by atoms with Crippen molar-refractivity contribution in [3.8, 4) is 0 Å². The number of benzene rings is 1. The number of carbonyl (C=O) groups excluding carboxylic acids is 1. The minimum Gasteiger partial charge on any atom is -0.397 e. The van der Waals surface area contributed by atoms with Gasteiger partial charge in [-0.15, -0.1) is 0 Å². The van der Waals surface area contributed by atoms with Crippen molar-refractivity contribution in [3.05, 3.63) is 23.8 Å². The van der Waals surface area contributed by atoms with Crippen LogP contribution in [0, 0.1) is 11.8 Å². The molecule has 0 radical (unpaired) electrons. The fourth-order valence-electron chi connectivity index (χ4n) is 3.57. The van der Waals surface area contributed by atoms with Crippen molar-refractivity contribution < 1.29 is 13.2 Å². The van der Waals surface area contributed by atoms with Crippen molar-refractivity contribution in [1.82, 2.24) is 0 Å². The molecule has 3 N–H and O–H groups in total. The Morgan fingerprint density at radius 1 is 1.24 bits per heavy atom. The largest absolute Gasteiger partial charge is 0.397 e. The summed E-state index contributed by atoms with van der Waals surface area (Å²) in [6.45, 7) is 3.80. The Kier molecular flexibility index (Phi) is 6.87. The van der Waals surface area contributed by atoms with E-state index in [2.05, 4.69) is 4.72 Å². The zero-order chi connectivity index (χ0) is 18.4. The van der Waals surface area contributed by atoms with Crippen molar-refractivity contribution in [2.24, 2.45) is 11.8 Å². The Labute approximate surface area is 151 Å². The number of nitrogens with one attached hydrogen (secondary N) is 1. The second-order valence-corrected chi connectivity index (χ2v) is 8.97. The second-order valence-electron chi connectivity index (χ2n) is 7.13. The van der Waals surface area contributed by atoms with E-state index in [-0.39, 0.29) is 17.5 Å². The second kappa shape index (κ2) is 8.70. The number of nitrogens with two attached hydrogens (primary N) is 1. The van der Waals surface area contributed by atoms with Gasteiger partial charge in [0.2, 0.25) is 10.0 Å². The van der Waals surface area contributed by atoms with Gasteiger partial charge < -0.3 is 5.73 Å². The predicted octanol–water partition coefficient (Wildman–Crippen LogP) is 4.21. The van der Waals surface area contributed by atoms with E-state index < -0.39 is 10.0 Å². The average molecular weight is 367 g/mol. The van der Waals surface area contributed by atoms with E-state index in [1.807, 2.05) is 6.92 Å². The summed E-state index contributed by atoms with van der Waals surface area (Å²) in [7, 11) is -3.44. The van der Waals surface area contributed by atoms with Crippen LogP contribution < -0.4 is 10.5 Å². The van der Waals surface area contributed by atoms with Crippen LogP contribution in [0.3, 0.4) is 0 Å². The summed E-state index contributed by atoms with van der Waals surface area (Å²) in [6.07, 6.45) is 7.59. The van der Waals surface area contributed by atoms with Crippen LogP contribution in [0.1, 0.15) is 69.2 Å². The standard InChI is InChI=1S/C19H30N2O3S/c1-3-12-25(23,24)21-18-13-16(10-11-17(18)20)19(22)14(2)15-8-6-4-5-7-9-15/h10-11,13-15,21H,3-9,12,20H2,1-2H3. The summed E-state index contributed by atoms with van der Waals surface area (Å²) in [5.41, 5.74) is 7.05. The van der Waals surface area contributed by atoms with Crippen LogP contribution in [0.15, 0.2) is 18.2 Å². The zero-order valence-corrected chi connectivity index (χ0v) is 16.1. The van der Waals surface area contributed by atoms with Gasteiger partial charge in [-0.2, -0.15) is 0 Å². The molecular weight excluding hydrogens is 336 g/mol. The van der Waals surface area contributed by atoms with Crippen LogP contribution in [-0.2, 0) is 10.0 Å². The topological polar surface area (TPSA) is 89.3 Å². The highest BCUT2D eigenvalue weighted by atomic mass is 32.2. The molecule has 0 saturated heterocycles. The molecule has 0 heterocycles. The number of rotatable bonds is 7. The highest BCUT2D eigenvalue weighted by molar-refractivity contribution is 7.92. The average Bonchev–Trinajstić information content (AvgIpc) is 2.84. The molecule has 0 bridgehead atoms. The molecule has 1 aromatic rings. The summed E-state index contributed by atoms with van der Waals surface area (Å²) < 4.78 is 26.5. The number of ketones is 1. The van der Waals surface area contributed by atoms with Crippen molar-refractivity contribution in [2.45, 2.75) is 58.8 Å². The van der Waals surface area contributed by atoms with Gasteiger partial charge in [0.05, 0.1) is 17.1 Å². The maximum absolute atomic E-state index is 12.9. The van der Waals surface area contributed by atoms with Gasteiger partial charge >= 0.3 is 0 Å². The molecule has 0 amide bonds. The quantitative estimate of drug-likeness (QED) is 0.430. The van der Waals surface area contributed by atoms with Gasteiger partial charge in [0.1, 0.15) is 0 Å². The molecule has 1 fully saturated rings. The molecule has 0 spiro atoms. The van der Waals surface area contributed by atoms with Gasteiger partial charge in [0, 0.05) is 11.5 Å². The third kappa shape index (κ3) is 5.46. The molecule has 140 valence electrons. The molecule has 5 nitrogen and oxygen atoms in total. The number of hydrogen-bond donors (Lipinski definition) is 2. The molecule has 1 aliphatic rings. The summed E-state index contributed by atoms with van der Waals surface area (Å²) in [4.78, 5) is 12.9. The zero-order valence-electron chi connectivity index (χ0n) is 15.3. The normalized spacial score (nSPS) is 17.7. The van der Waals surface area contributed by atoms with Gasteiger partial charge in [-0.3, -0.25) is 9.52 Å². The molecule has 6 heteroatoms. The Morgan fingerprint density at radius 3 is 2.48 bits per heavy atom. The summed E-state index contributed by atoms with van der Waals surface area (Å²) >= 11 is 0. The first-order valence-electron chi connectivity index (χ1n) is 9.28. The van der Waals surface area contributed by atoms with E-state index >= 15 is 0 Å². The lowest BCUT2D eigenvalue weighted by Crippen LogP contribution is -2.22. The fraction of sp³-hybridized carbons (Fsp3) is 0.632. The highest BCUT2D eigenvalue weighted by Gasteiger charge is 2.26. The Hall–Kier alpha value is -1.56.